The van der Waals surface area contributed by atoms with Gasteiger partial charge in [-0.05, 0) is 44.3 Å². The van der Waals surface area contributed by atoms with Crippen molar-refractivity contribution in [2.75, 3.05) is 7.11 Å². The third kappa shape index (κ3) is 3.65. The molecule has 2 aromatic rings. The quantitative estimate of drug-likeness (QED) is 0.845. The maximum Gasteiger partial charge on any atom is 0.254 e. The maximum absolute atomic E-state index is 5.37. The zero-order valence-electron chi connectivity index (χ0n) is 13.8. The van der Waals surface area contributed by atoms with Gasteiger partial charge in [0.25, 0.3) is 5.88 Å². The zero-order valence-corrected chi connectivity index (χ0v) is 13.8. The molecule has 0 saturated heterocycles. The van der Waals surface area contributed by atoms with E-state index in [0.717, 1.165) is 18.6 Å². The van der Waals surface area contributed by atoms with Gasteiger partial charge in [-0.3, -0.25) is 4.68 Å². The van der Waals surface area contributed by atoms with Crippen LogP contribution in [-0.2, 0) is 17.4 Å². The topological polar surface area (TPSA) is 53.1 Å². The first-order valence-corrected chi connectivity index (χ1v) is 7.27. The maximum atomic E-state index is 5.37. The highest BCUT2D eigenvalue weighted by molar-refractivity contribution is 5.19. The molecular formula is C16H25N3O2. The summed E-state index contributed by atoms with van der Waals surface area (Å²) in [6, 6.07) is 1.86. The van der Waals surface area contributed by atoms with Crippen LogP contribution in [0.4, 0.5) is 0 Å². The van der Waals surface area contributed by atoms with Crippen LogP contribution >= 0.6 is 0 Å². The molecule has 0 radical (unpaired) electrons. The van der Waals surface area contributed by atoms with E-state index in [1.165, 1.54) is 5.56 Å². The van der Waals surface area contributed by atoms with Gasteiger partial charge in [0, 0.05) is 17.7 Å². The van der Waals surface area contributed by atoms with E-state index < -0.39 is 0 Å². The van der Waals surface area contributed by atoms with Gasteiger partial charge >= 0.3 is 0 Å². The molecule has 0 aliphatic heterocycles. The highest BCUT2D eigenvalue weighted by atomic mass is 16.5. The first-order chi connectivity index (χ1) is 9.72. The summed E-state index contributed by atoms with van der Waals surface area (Å²) >= 11 is 0. The number of hydrogen-bond acceptors (Lipinski definition) is 4. The van der Waals surface area contributed by atoms with Crippen molar-refractivity contribution in [2.24, 2.45) is 0 Å². The van der Waals surface area contributed by atoms with Crippen LogP contribution in [0.25, 0.3) is 0 Å². The van der Waals surface area contributed by atoms with E-state index in [1.807, 2.05) is 16.9 Å². The summed E-state index contributed by atoms with van der Waals surface area (Å²) < 4.78 is 12.5. The van der Waals surface area contributed by atoms with E-state index in [1.54, 1.807) is 7.11 Å². The third-order valence-corrected chi connectivity index (χ3v) is 3.73. The van der Waals surface area contributed by atoms with Crippen molar-refractivity contribution in [3.63, 3.8) is 0 Å². The normalized spacial score (nSPS) is 12.7. The standard InChI is InChI=1S/C16H25N3O2/c1-15(2,3)19-11-12(10-17-19)7-8-16(4,5)13-9-14(20-6)18-21-13/h9-11H,7-8H2,1-6H3. The average Bonchev–Trinajstić information content (AvgIpc) is 3.05. The molecule has 2 rings (SSSR count). The number of rotatable bonds is 5. The highest BCUT2D eigenvalue weighted by Gasteiger charge is 2.26. The summed E-state index contributed by atoms with van der Waals surface area (Å²) in [4.78, 5) is 0. The molecule has 0 spiro atoms. The lowest BCUT2D eigenvalue weighted by Gasteiger charge is -2.20. The molecule has 0 aliphatic carbocycles. The Morgan fingerprint density at radius 3 is 2.48 bits per heavy atom. The van der Waals surface area contributed by atoms with E-state index in [9.17, 15) is 0 Å². The third-order valence-electron chi connectivity index (χ3n) is 3.73. The van der Waals surface area contributed by atoms with E-state index in [-0.39, 0.29) is 11.0 Å². The van der Waals surface area contributed by atoms with Crippen LogP contribution in [0.2, 0.25) is 0 Å². The summed E-state index contributed by atoms with van der Waals surface area (Å²) in [7, 11) is 1.59. The molecule has 0 amide bonds. The van der Waals surface area contributed by atoms with Crippen molar-refractivity contribution in [1.82, 2.24) is 14.9 Å². The van der Waals surface area contributed by atoms with Crippen LogP contribution < -0.4 is 4.74 Å². The summed E-state index contributed by atoms with van der Waals surface area (Å²) in [6.07, 6.45) is 5.98. The SMILES string of the molecule is COc1cc(C(C)(C)CCc2cnn(C(C)(C)C)c2)on1. The van der Waals surface area contributed by atoms with Gasteiger partial charge in [0.15, 0.2) is 0 Å². The predicted molar refractivity (Wildman–Crippen MR) is 81.6 cm³/mol. The predicted octanol–water partition coefficient (Wildman–Crippen LogP) is 3.55. The fraction of sp³-hybridized carbons (Fsp3) is 0.625. The van der Waals surface area contributed by atoms with Crippen LogP contribution in [0.3, 0.4) is 0 Å². The van der Waals surface area contributed by atoms with Gasteiger partial charge < -0.3 is 9.26 Å². The Morgan fingerprint density at radius 2 is 1.95 bits per heavy atom. The van der Waals surface area contributed by atoms with E-state index in [4.69, 9.17) is 9.26 Å². The van der Waals surface area contributed by atoms with Gasteiger partial charge in [-0.15, -0.1) is 0 Å². The van der Waals surface area contributed by atoms with Gasteiger partial charge in [-0.25, -0.2) is 0 Å². The minimum atomic E-state index is -0.0897. The van der Waals surface area contributed by atoms with Gasteiger partial charge in [0.2, 0.25) is 0 Å². The number of methoxy groups -OCH3 is 1. The summed E-state index contributed by atoms with van der Waals surface area (Å²) in [5.41, 5.74) is 1.17. The minimum absolute atomic E-state index is 0.0199. The van der Waals surface area contributed by atoms with E-state index >= 15 is 0 Å². The molecule has 0 aliphatic rings. The number of aryl methyl sites for hydroxylation is 1. The van der Waals surface area contributed by atoms with Crippen molar-refractivity contribution in [3.05, 3.63) is 29.8 Å². The van der Waals surface area contributed by atoms with Gasteiger partial charge in [0.1, 0.15) is 5.76 Å². The fourth-order valence-electron chi connectivity index (χ4n) is 2.11. The molecule has 0 saturated carbocycles. The number of aromatic nitrogens is 3. The Hall–Kier alpha value is -1.78. The van der Waals surface area contributed by atoms with Crippen molar-refractivity contribution in [1.29, 1.82) is 0 Å². The molecule has 5 heteroatoms. The van der Waals surface area contributed by atoms with Crippen LogP contribution in [0.5, 0.6) is 5.88 Å². The number of ether oxygens (including phenoxy) is 1. The highest BCUT2D eigenvalue weighted by Crippen LogP contribution is 2.30. The lowest BCUT2D eigenvalue weighted by molar-refractivity contribution is 0.286. The number of hydrogen-bond donors (Lipinski definition) is 0. The molecule has 5 nitrogen and oxygen atoms in total. The van der Waals surface area contributed by atoms with Crippen molar-refractivity contribution in [2.45, 2.75) is 58.4 Å². The zero-order chi connectivity index (χ0) is 15.7. The monoisotopic (exact) mass is 291 g/mol. The first-order valence-electron chi connectivity index (χ1n) is 7.27. The summed E-state index contributed by atoms with van der Waals surface area (Å²) in [6.45, 7) is 10.7. The Bertz CT molecular complexity index is 591. The molecule has 0 N–H and O–H groups in total. The van der Waals surface area contributed by atoms with Gasteiger partial charge in [0.05, 0.1) is 18.8 Å². The minimum Gasteiger partial charge on any atom is -0.479 e. The van der Waals surface area contributed by atoms with Gasteiger partial charge in [-0.1, -0.05) is 13.8 Å². The number of nitrogens with zero attached hydrogens (tertiary/aromatic N) is 3. The Balaban J connectivity index is 2.02. The second kappa shape index (κ2) is 5.54. The van der Waals surface area contributed by atoms with Crippen LogP contribution in [0, 0.1) is 0 Å². The van der Waals surface area contributed by atoms with Crippen molar-refractivity contribution < 1.29 is 9.26 Å². The molecule has 2 heterocycles. The molecule has 0 aromatic carbocycles. The summed E-state index contributed by atoms with van der Waals surface area (Å²) in [5, 5.41) is 8.32. The Morgan fingerprint density at radius 1 is 1.24 bits per heavy atom. The van der Waals surface area contributed by atoms with Gasteiger partial charge in [-0.2, -0.15) is 5.10 Å². The molecule has 116 valence electrons. The van der Waals surface area contributed by atoms with Crippen LogP contribution in [0.1, 0.15) is 52.4 Å². The van der Waals surface area contributed by atoms with Crippen LogP contribution in [-0.4, -0.2) is 22.0 Å². The second-order valence-electron chi connectivity index (χ2n) is 7.08. The fourth-order valence-corrected chi connectivity index (χ4v) is 2.11. The average molecular weight is 291 g/mol. The molecule has 0 bridgehead atoms. The lowest BCUT2D eigenvalue weighted by atomic mass is 9.84. The molecule has 21 heavy (non-hydrogen) atoms. The van der Waals surface area contributed by atoms with E-state index in [2.05, 4.69) is 51.1 Å². The lowest BCUT2D eigenvalue weighted by Crippen LogP contribution is -2.22. The summed E-state index contributed by atoms with van der Waals surface area (Å²) in [5.74, 6) is 1.38. The largest absolute Gasteiger partial charge is 0.479 e. The van der Waals surface area contributed by atoms with Crippen molar-refractivity contribution >= 4 is 0 Å². The van der Waals surface area contributed by atoms with E-state index in [0.29, 0.717) is 5.88 Å². The Labute approximate surface area is 126 Å². The molecule has 0 unspecified atom stereocenters. The Kier molecular flexibility index (Phi) is 4.12. The van der Waals surface area contributed by atoms with Crippen LogP contribution in [0.15, 0.2) is 23.0 Å². The molecule has 2 aromatic heterocycles. The molecular weight excluding hydrogens is 266 g/mol. The smallest absolute Gasteiger partial charge is 0.254 e. The van der Waals surface area contributed by atoms with Crippen molar-refractivity contribution in [3.8, 4) is 5.88 Å². The molecule has 0 fully saturated rings. The second-order valence-corrected chi connectivity index (χ2v) is 7.08. The first kappa shape index (κ1) is 15.6. The molecule has 0 atom stereocenters.